The lowest BCUT2D eigenvalue weighted by Crippen LogP contribution is -2.27. The summed E-state index contributed by atoms with van der Waals surface area (Å²) >= 11 is 0. The Hall–Kier alpha value is -3.28. The quantitative estimate of drug-likeness (QED) is 0.509. The minimum atomic E-state index is -0.908. The Bertz CT molecular complexity index is 958. The predicted molar refractivity (Wildman–Crippen MR) is 101 cm³/mol. The van der Waals surface area contributed by atoms with Crippen molar-refractivity contribution in [3.63, 3.8) is 0 Å². The minimum absolute atomic E-state index is 0.247. The number of aromatic amines is 1. The van der Waals surface area contributed by atoms with Gasteiger partial charge in [0, 0.05) is 22.2 Å². The fraction of sp³-hybridized carbons (Fsp3) is 0.238. The molecule has 140 valence electrons. The van der Waals surface area contributed by atoms with E-state index < -0.39 is 12.1 Å². The number of methoxy groups -OCH3 is 1. The summed E-state index contributed by atoms with van der Waals surface area (Å²) in [6.45, 7) is 3.11. The van der Waals surface area contributed by atoms with Gasteiger partial charge in [0.25, 0.3) is 0 Å². The minimum Gasteiger partial charge on any atom is -0.497 e. The van der Waals surface area contributed by atoms with Crippen LogP contribution in [0.3, 0.4) is 0 Å². The second-order valence-corrected chi connectivity index (χ2v) is 6.13. The first kappa shape index (κ1) is 18.5. The van der Waals surface area contributed by atoms with Gasteiger partial charge >= 0.3 is 5.97 Å². The van der Waals surface area contributed by atoms with E-state index in [-0.39, 0.29) is 12.4 Å². The van der Waals surface area contributed by atoms with Crippen LogP contribution >= 0.6 is 0 Å². The summed E-state index contributed by atoms with van der Waals surface area (Å²) in [7, 11) is 1.57. The molecule has 0 spiro atoms. The monoisotopic (exact) mass is 367 g/mol. The zero-order chi connectivity index (χ0) is 19.4. The van der Waals surface area contributed by atoms with Crippen molar-refractivity contribution in [3.05, 3.63) is 59.8 Å². The van der Waals surface area contributed by atoms with E-state index in [1.54, 1.807) is 38.3 Å². The molecule has 0 fully saturated rings. The van der Waals surface area contributed by atoms with Crippen LogP contribution in [0.5, 0.6) is 11.5 Å². The van der Waals surface area contributed by atoms with Crippen LogP contribution in [-0.4, -0.2) is 36.6 Å². The third-order valence-corrected chi connectivity index (χ3v) is 4.23. The fourth-order valence-corrected chi connectivity index (χ4v) is 2.90. The van der Waals surface area contributed by atoms with Gasteiger partial charge in [0.1, 0.15) is 11.5 Å². The Balaban J connectivity index is 1.61. The zero-order valence-corrected chi connectivity index (χ0v) is 15.4. The summed E-state index contributed by atoms with van der Waals surface area (Å²) in [5.74, 6) is 0.351. The summed E-state index contributed by atoms with van der Waals surface area (Å²) < 4.78 is 15.7. The number of para-hydroxylation sites is 1. The number of fused-ring (bicyclic) bond motifs is 1. The van der Waals surface area contributed by atoms with Gasteiger partial charge in [-0.25, -0.2) is 4.79 Å². The van der Waals surface area contributed by atoms with Crippen molar-refractivity contribution in [3.8, 4) is 11.5 Å². The van der Waals surface area contributed by atoms with Gasteiger partial charge in [0.05, 0.1) is 7.11 Å². The van der Waals surface area contributed by atoms with Crippen LogP contribution in [0.4, 0.5) is 0 Å². The molecular weight excluding hydrogens is 346 g/mol. The summed E-state index contributed by atoms with van der Waals surface area (Å²) in [5, 5.41) is 0.817. The highest BCUT2D eigenvalue weighted by molar-refractivity contribution is 6.11. The number of aromatic nitrogens is 1. The van der Waals surface area contributed by atoms with Crippen LogP contribution in [0.25, 0.3) is 10.9 Å². The van der Waals surface area contributed by atoms with Crippen LogP contribution in [0, 0.1) is 6.92 Å². The number of carbonyl (C=O) groups is 2. The van der Waals surface area contributed by atoms with Gasteiger partial charge < -0.3 is 19.2 Å². The molecule has 1 N–H and O–H groups in total. The zero-order valence-electron chi connectivity index (χ0n) is 15.4. The van der Waals surface area contributed by atoms with Gasteiger partial charge in [-0.15, -0.1) is 0 Å². The number of carbonyl (C=O) groups excluding carboxylic acids is 2. The number of nitrogens with one attached hydrogen (secondary N) is 1. The first-order valence-corrected chi connectivity index (χ1v) is 8.57. The van der Waals surface area contributed by atoms with E-state index >= 15 is 0 Å². The lowest BCUT2D eigenvalue weighted by Gasteiger charge is -2.13. The predicted octanol–water partition coefficient (Wildman–Crippen LogP) is 3.68. The molecule has 0 amide bonds. The lowest BCUT2D eigenvalue weighted by atomic mass is 10.0. The molecule has 0 saturated heterocycles. The van der Waals surface area contributed by atoms with Crippen molar-refractivity contribution in [1.82, 2.24) is 4.98 Å². The molecule has 2 aromatic carbocycles. The number of Topliss-reactive ketones (excluding diaryl/α,β-unsaturated/α-hetero) is 1. The largest absolute Gasteiger partial charge is 0.497 e. The van der Waals surface area contributed by atoms with Crippen LogP contribution < -0.4 is 9.47 Å². The number of benzene rings is 2. The molecule has 1 aromatic heterocycles. The van der Waals surface area contributed by atoms with E-state index in [9.17, 15) is 9.59 Å². The van der Waals surface area contributed by atoms with Gasteiger partial charge in [0.15, 0.2) is 12.7 Å². The number of ketones is 1. The number of H-pyrrole nitrogens is 1. The molecule has 3 aromatic rings. The molecule has 0 aliphatic carbocycles. The Morgan fingerprint density at radius 1 is 1.04 bits per heavy atom. The highest BCUT2D eigenvalue weighted by atomic mass is 16.6. The van der Waals surface area contributed by atoms with E-state index in [1.807, 2.05) is 31.2 Å². The number of aryl methyl sites for hydroxylation is 1. The standard InChI is InChI=1S/C21H21NO5/c1-13-20(17-6-4-5-7-18(17)22-13)21(24)14(2)27-19(23)12-26-16-10-8-15(25-3)9-11-16/h4-11,14,22H,12H2,1-3H3. The highest BCUT2D eigenvalue weighted by Gasteiger charge is 2.24. The molecule has 27 heavy (non-hydrogen) atoms. The highest BCUT2D eigenvalue weighted by Crippen LogP contribution is 2.24. The van der Waals surface area contributed by atoms with Crippen LogP contribution in [0.2, 0.25) is 0 Å². The number of rotatable bonds is 7. The molecule has 6 nitrogen and oxygen atoms in total. The molecule has 1 heterocycles. The first-order valence-electron chi connectivity index (χ1n) is 8.57. The van der Waals surface area contributed by atoms with E-state index in [4.69, 9.17) is 14.2 Å². The molecular formula is C21H21NO5. The maximum atomic E-state index is 12.8. The molecule has 0 aliphatic heterocycles. The Morgan fingerprint density at radius 3 is 2.41 bits per heavy atom. The van der Waals surface area contributed by atoms with Gasteiger partial charge in [-0.2, -0.15) is 0 Å². The Kier molecular flexibility index (Phi) is 5.45. The van der Waals surface area contributed by atoms with E-state index in [0.29, 0.717) is 17.1 Å². The Labute approximate surface area is 157 Å². The van der Waals surface area contributed by atoms with Crippen molar-refractivity contribution >= 4 is 22.7 Å². The normalized spacial score (nSPS) is 11.8. The number of hydrogen-bond acceptors (Lipinski definition) is 5. The third kappa shape index (κ3) is 4.11. The molecule has 1 atom stereocenters. The van der Waals surface area contributed by atoms with Crippen molar-refractivity contribution < 1.29 is 23.8 Å². The topological polar surface area (TPSA) is 77.6 Å². The number of ether oxygens (including phenoxy) is 3. The first-order chi connectivity index (χ1) is 13.0. The smallest absolute Gasteiger partial charge is 0.344 e. The molecule has 1 unspecified atom stereocenters. The third-order valence-electron chi connectivity index (χ3n) is 4.23. The van der Waals surface area contributed by atoms with Gasteiger partial charge in [-0.1, -0.05) is 18.2 Å². The molecule has 6 heteroatoms. The summed E-state index contributed by atoms with van der Waals surface area (Å²) in [6, 6.07) is 14.4. The van der Waals surface area contributed by atoms with Crippen LogP contribution in [0.15, 0.2) is 48.5 Å². The van der Waals surface area contributed by atoms with E-state index in [1.165, 1.54) is 0 Å². The molecule has 0 aliphatic rings. The van der Waals surface area contributed by atoms with Crippen molar-refractivity contribution in [1.29, 1.82) is 0 Å². The number of hydrogen-bond donors (Lipinski definition) is 1. The molecule has 0 saturated carbocycles. The van der Waals surface area contributed by atoms with Crippen molar-refractivity contribution in [2.75, 3.05) is 13.7 Å². The van der Waals surface area contributed by atoms with E-state index in [2.05, 4.69) is 4.98 Å². The molecule has 0 radical (unpaired) electrons. The number of esters is 1. The van der Waals surface area contributed by atoms with E-state index in [0.717, 1.165) is 16.6 Å². The maximum absolute atomic E-state index is 12.8. The summed E-state index contributed by atoms with van der Waals surface area (Å²) in [5.41, 5.74) is 2.17. The molecule has 0 bridgehead atoms. The Morgan fingerprint density at radius 2 is 1.70 bits per heavy atom. The summed E-state index contributed by atoms with van der Waals surface area (Å²) in [4.78, 5) is 28.0. The molecule has 3 rings (SSSR count). The lowest BCUT2D eigenvalue weighted by molar-refractivity contribution is -0.148. The van der Waals surface area contributed by atoms with Gasteiger partial charge in [0.2, 0.25) is 5.78 Å². The van der Waals surface area contributed by atoms with Crippen molar-refractivity contribution in [2.24, 2.45) is 0 Å². The SMILES string of the molecule is COc1ccc(OCC(=O)OC(C)C(=O)c2c(C)[nH]c3ccccc23)cc1. The average Bonchev–Trinajstić information content (AvgIpc) is 3.01. The fourth-order valence-electron chi connectivity index (χ4n) is 2.90. The average molecular weight is 367 g/mol. The van der Waals surface area contributed by atoms with Crippen molar-refractivity contribution in [2.45, 2.75) is 20.0 Å². The maximum Gasteiger partial charge on any atom is 0.344 e. The second-order valence-electron chi connectivity index (χ2n) is 6.13. The van der Waals surface area contributed by atoms with Gasteiger partial charge in [-0.05, 0) is 44.2 Å². The van der Waals surface area contributed by atoms with Crippen LogP contribution in [-0.2, 0) is 9.53 Å². The summed E-state index contributed by atoms with van der Waals surface area (Å²) in [6.07, 6.45) is -0.908. The van der Waals surface area contributed by atoms with Crippen LogP contribution in [0.1, 0.15) is 23.0 Å². The second kappa shape index (κ2) is 7.95. The van der Waals surface area contributed by atoms with Gasteiger partial charge in [-0.3, -0.25) is 4.79 Å².